The van der Waals surface area contributed by atoms with Crippen LogP contribution >= 0.6 is 11.3 Å². The SMILES string of the molecule is CN(C(=O)CC1OCCc2ccsc21)C(C1CC1)C1CC1. The van der Waals surface area contributed by atoms with Crippen LogP contribution in [0.4, 0.5) is 0 Å². The highest BCUT2D eigenvalue weighted by Gasteiger charge is 2.45. The van der Waals surface area contributed by atoms with E-state index in [2.05, 4.69) is 16.3 Å². The Morgan fingerprint density at radius 3 is 2.76 bits per heavy atom. The summed E-state index contributed by atoms with van der Waals surface area (Å²) in [5.74, 6) is 1.82. The number of thiophene rings is 1. The standard InChI is InChI=1S/C17H23NO2S/c1-18(16(11-2-3-11)12-4-5-12)15(19)10-14-17-13(6-8-20-14)7-9-21-17/h7,9,11-12,14,16H,2-6,8,10H2,1H3. The minimum absolute atomic E-state index is 0.0113. The number of nitrogens with zero attached hydrogens (tertiary/aromatic N) is 1. The summed E-state index contributed by atoms with van der Waals surface area (Å²) in [6.07, 6.45) is 6.75. The van der Waals surface area contributed by atoms with Gasteiger partial charge in [-0.15, -0.1) is 11.3 Å². The molecule has 2 heterocycles. The van der Waals surface area contributed by atoms with Crippen molar-refractivity contribution in [1.29, 1.82) is 0 Å². The zero-order valence-electron chi connectivity index (χ0n) is 12.6. The van der Waals surface area contributed by atoms with Crippen molar-refractivity contribution in [2.24, 2.45) is 11.8 Å². The third kappa shape index (κ3) is 2.76. The third-order valence-electron chi connectivity index (χ3n) is 5.17. The van der Waals surface area contributed by atoms with Crippen molar-refractivity contribution >= 4 is 17.2 Å². The maximum absolute atomic E-state index is 12.7. The molecule has 0 spiro atoms. The first-order valence-electron chi connectivity index (χ1n) is 8.17. The highest BCUT2D eigenvalue weighted by Crippen LogP contribution is 2.47. The number of amides is 1. The van der Waals surface area contributed by atoms with Crippen molar-refractivity contribution in [1.82, 2.24) is 4.90 Å². The van der Waals surface area contributed by atoms with Gasteiger partial charge in [-0.25, -0.2) is 0 Å². The van der Waals surface area contributed by atoms with Crippen molar-refractivity contribution in [3.63, 3.8) is 0 Å². The minimum Gasteiger partial charge on any atom is -0.372 e. The Morgan fingerprint density at radius 1 is 1.38 bits per heavy atom. The average Bonchev–Trinajstić information content (AvgIpc) is 3.41. The molecule has 2 saturated carbocycles. The lowest BCUT2D eigenvalue weighted by atomic mass is 10.0. The second-order valence-corrected chi connectivity index (χ2v) is 7.74. The average molecular weight is 305 g/mol. The van der Waals surface area contributed by atoms with Gasteiger partial charge in [-0.05, 0) is 60.9 Å². The Hall–Kier alpha value is -0.870. The maximum atomic E-state index is 12.7. The summed E-state index contributed by atoms with van der Waals surface area (Å²) in [7, 11) is 2.02. The quantitative estimate of drug-likeness (QED) is 0.834. The van der Waals surface area contributed by atoms with E-state index in [4.69, 9.17) is 4.74 Å². The summed E-state index contributed by atoms with van der Waals surface area (Å²) >= 11 is 1.74. The number of fused-ring (bicyclic) bond motifs is 1. The normalized spacial score (nSPS) is 25.0. The molecule has 3 aliphatic rings. The van der Waals surface area contributed by atoms with E-state index in [-0.39, 0.29) is 12.0 Å². The maximum Gasteiger partial charge on any atom is 0.225 e. The van der Waals surface area contributed by atoms with E-state index < -0.39 is 0 Å². The van der Waals surface area contributed by atoms with Crippen LogP contribution in [0.3, 0.4) is 0 Å². The molecule has 114 valence electrons. The van der Waals surface area contributed by atoms with Crippen molar-refractivity contribution < 1.29 is 9.53 Å². The number of hydrogen-bond donors (Lipinski definition) is 0. The summed E-state index contributed by atoms with van der Waals surface area (Å²) in [5, 5.41) is 2.12. The first kappa shape index (κ1) is 13.8. The van der Waals surface area contributed by atoms with Gasteiger partial charge < -0.3 is 9.64 Å². The molecule has 0 N–H and O–H groups in total. The summed E-state index contributed by atoms with van der Waals surface area (Å²) in [5.41, 5.74) is 1.38. The molecular weight excluding hydrogens is 282 g/mol. The van der Waals surface area contributed by atoms with Gasteiger partial charge in [0.1, 0.15) is 6.10 Å². The molecule has 1 amide bonds. The van der Waals surface area contributed by atoms with Gasteiger partial charge >= 0.3 is 0 Å². The molecule has 1 aromatic heterocycles. The zero-order chi connectivity index (χ0) is 14.4. The first-order chi connectivity index (χ1) is 10.2. The van der Waals surface area contributed by atoms with Crippen molar-refractivity contribution in [2.75, 3.05) is 13.7 Å². The molecule has 2 aliphatic carbocycles. The monoisotopic (exact) mass is 305 g/mol. The fourth-order valence-corrected chi connectivity index (χ4v) is 4.74. The van der Waals surface area contributed by atoms with Crippen LogP contribution < -0.4 is 0 Å². The highest BCUT2D eigenvalue weighted by atomic mass is 32.1. The predicted molar refractivity (Wildman–Crippen MR) is 83.3 cm³/mol. The molecule has 0 radical (unpaired) electrons. The van der Waals surface area contributed by atoms with Gasteiger partial charge in [0.2, 0.25) is 5.91 Å². The molecule has 0 bridgehead atoms. The molecule has 0 saturated heterocycles. The van der Waals surface area contributed by atoms with Gasteiger partial charge in [-0.2, -0.15) is 0 Å². The fourth-order valence-electron chi connectivity index (χ4n) is 3.74. The van der Waals surface area contributed by atoms with E-state index in [1.807, 2.05) is 7.05 Å². The number of hydrogen-bond acceptors (Lipinski definition) is 3. The van der Waals surface area contributed by atoms with E-state index in [0.717, 1.165) is 24.9 Å². The second-order valence-electron chi connectivity index (χ2n) is 6.79. The molecule has 0 aromatic carbocycles. The smallest absolute Gasteiger partial charge is 0.225 e. The van der Waals surface area contributed by atoms with Crippen LogP contribution in [-0.4, -0.2) is 30.5 Å². The molecule has 1 aromatic rings. The highest BCUT2D eigenvalue weighted by molar-refractivity contribution is 7.10. The van der Waals surface area contributed by atoms with E-state index >= 15 is 0 Å². The third-order valence-corrected chi connectivity index (χ3v) is 6.23. The van der Waals surface area contributed by atoms with Gasteiger partial charge in [-0.1, -0.05) is 0 Å². The Bertz CT molecular complexity index is 521. The lowest BCUT2D eigenvalue weighted by Gasteiger charge is -2.31. The van der Waals surface area contributed by atoms with Crippen LogP contribution in [0, 0.1) is 11.8 Å². The van der Waals surface area contributed by atoms with Crippen LogP contribution in [0.25, 0.3) is 0 Å². The van der Waals surface area contributed by atoms with E-state index in [1.54, 1.807) is 11.3 Å². The van der Waals surface area contributed by atoms with Gasteiger partial charge in [-0.3, -0.25) is 4.79 Å². The summed E-state index contributed by atoms with van der Waals surface area (Å²) in [6, 6.07) is 2.69. The molecule has 4 heteroatoms. The Kier molecular flexibility index (Phi) is 3.54. The van der Waals surface area contributed by atoms with Gasteiger partial charge in [0, 0.05) is 18.0 Å². The molecule has 4 rings (SSSR count). The number of carbonyl (C=O) groups excluding carboxylic acids is 1. The summed E-state index contributed by atoms with van der Waals surface area (Å²) in [4.78, 5) is 16.0. The Balaban J connectivity index is 1.44. The molecule has 21 heavy (non-hydrogen) atoms. The zero-order valence-corrected chi connectivity index (χ0v) is 13.4. The number of ether oxygens (including phenoxy) is 1. The molecule has 1 aliphatic heterocycles. The molecular formula is C17H23NO2S. The molecule has 3 nitrogen and oxygen atoms in total. The number of rotatable bonds is 5. The van der Waals surface area contributed by atoms with Crippen LogP contribution in [0.1, 0.15) is 48.6 Å². The molecule has 2 fully saturated rings. The van der Waals surface area contributed by atoms with Crippen molar-refractivity contribution in [3.8, 4) is 0 Å². The van der Waals surface area contributed by atoms with E-state index in [0.29, 0.717) is 12.5 Å². The van der Waals surface area contributed by atoms with Crippen LogP contribution in [0.5, 0.6) is 0 Å². The van der Waals surface area contributed by atoms with E-state index in [1.165, 1.54) is 36.1 Å². The summed E-state index contributed by atoms with van der Waals surface area (Å²) < 4.78 is 5.88. The Labute approximate surface area is 130 Å². The summed E-state index contributed by atoms with van der Waals surface area (Å²) in [6.45, 7) is 0.750. The molecule has 1 atom stereocenters. The van der Waals surface area contributed by atoms with Crippen molar-refractivity contribution in [3.05, 3.63) is 21.9 Å². The lowest BCUT2D eigenvalue weighted by Crippen LogP contribution is -2.40. The van der Waals surface area contributed by atoms with Crippen LogP contribution in [-0.2, 0) is 16.0 Å². The Morgan fingerprint density at radius 2 is 2.10 bits per heavy atom. The van der Waals surface area contributed by atoms with Gasteiger partial charge in [0.05, 0.1) is 13.0 Å². The van der Waals surface area contributed by atoms with E-state index in [9.17, 15) is 4.79 Å². The number of carbonyl (C=O) groups is 1. The first-order valence-corrected chi connectivity index (χ1v) is 9.05. The minimum atomic E-state index is -0.0113. The topological polar surface area (TPSA) is 29.5 Å². The van der Waals surface area contributed by atoms with Crippen LogP contribution in [0.15, 0.2) is 11.4 Å². The van der Waals surface area contributed by atoms with Gasteiger partial charge in [0.25, 0.3) is 0 Å². The van der Waals surface area contributed by atoms with Crippen LogP contribution in [0.2, 0.25) is 0 Å². The van der Waals surface area contributed by atoms with Crippen molar-refractivity contribution in [2.45, 2.75) is 50.7 Å². The van der Waals surface area contributed by atoms with Gasteiger partial charge in [0.15, 0.2) is 0 Å². The fraction of sp³-hybridized carbons (Fsp3) is 0.706. The second kappa shape index (κ2) is 5.40. The molecule has 1 unspecified atom stereocenters. The largest absolute Gasteiger partial charge is 0.372 e. The predicted octanol–water partition coefficient (Wildman–Crippen LogP) is 3.40. The lowest BCUT2D eigenvalue weighted by molar-refractivity contribution is -0.136.